The normalized spacial score (nSPS) is 14.3. The van der Waals surface area contributed by atoms with Crippen LogP contribution in [0, 0.1) is 5.92 Å². The van der Waals surface area contributed by atoms with Gasteiger partial charge in [-0.15, -0.1) is 0 Å². The van der Waals surface area contributed by atoms with Gasteiger partial charge in [-0.1, -0.05) is 39.3 Å². The molecule has 1 rings (SSSR count). The molecule has 1 aromatic carbocycles. The number of ether oxygens (including phenoxy) is 1. The van der Waals surface area contributed by atoms with Crippen molar-refractivity contribution in [1.29, 1.82) is 0 Å². The molecule has 0 aliphatic carbocycles. The highest BCUT2D eigenvalue weighted by atomic mass is 16.6. The van der Waals surface area contributed by atoms with E-state index in [0.717, 1.165) is 12.8 Å². The van der Waals surface area contributed by atoms with Crippen LogP contribution in [0.2, 0.25) is 0 Å². The molecule has 0 aliphatic rings. The minimum absolute atomic E-state index is 0.00340. The number of phenolic OH excluding ortho intramolecular Hbond substituents is 1. The van der Waals surface area contributed by atoms with E-state index in [1.165, 1.54) is 17.0 Å². The lowest BCUT2D eigenvalue weighted by atomic mass is 9.97. The standard InChI is InChI=1S/C27H45N3O5/c1-10-12-19(6)28-24(32)23(20-13-11-14-21(31)16-20)30(18(4)5)25(33)22(15-17(2)3)29-26(34)35-27(7,8)9/h11,13-14,16-19,22-23,31H,10,12,15H2,1-9H3,(H,28,32)(H,29,34). The number of hydrogen-bond acceptors (Lipinski definition) is 5. The molecule has 35 heavy (non-hydrogen) atoms. The van der Waals surface area contributed by atoms with Gasteiger partial charge in [-0.3, -0.25) is 9.59 Å². The van der Waals surface area contributed by atoms with Crippen LogP contribution < -0.4 is 10.6 Å². The van der Waals surface area contributed by atoms with Crippen molar-refractivity contribution in [2.75, 3.05) is 0 Å². The topological polar surface area (TPSA) is 108 Å². The molecular weight excluding hydrogens is 446 g/mol. The lowest BCUT2D eigenvalue weighted by Crippen LogP contribution is -2.55. The molecule has 3 unspecified atom stereocenters. The first kappa shape index (κ1) is 30.3. The molecule has 198 valence electrons. The number of amides is 3. The fraction of sp³-hybridized carbons (Fsp3) is 0.667. The van der Waals surface area contributed by atoms with Crippen LogP contribution in [0.5, 0.6) is 5.75 Å². The van der Waals surface area contributed by atoms with Gasteiger partial charge in [0.25, 0.3) is 0 Å². The Morgan fingerprint density at radius 3 is 2.17 bits per heavy atom. The van der Waals surface area contributed by atoms with E-state index >= 15 is 0 Å². The molecular formula is C27H45N3O5. The van der Waals surface area contributed by atoms with E-state index in [9.17, 15) is 19.5 Å². The van der Waals surface area contributed by atoms with E-state index in [4.69, 9.17) is 4.74 Å². The van der Waals surface area contributed by atoms with Crippen LogP contribution in [-0.2, 0) is 14.3 Å². The zero-order chi connectivity index (χ0) is 26.9. The second-order valence-electron chi connectivity index (χ2n) is 10.9. The number of carbonyl (C=O) groups is 3. The summed E-state index contributed by atoms with van der Waals surface area (Å²) >= 11 is 0. The van der Waals surface area contributed by atoms with Crippen molar-refractivity contribution in [1.82, 2.24) is 15.5 Å². The monoisotopic (exact) mass is 491 g/mol. The smallest absolute Gasteiger partial charge is 0.408 e. The van der Waals surface area contributed by atoms with E-state index in [1.54, 1.807) is 32.9 Å². The number of alkyl carbamates (subject to hydrolysis) is 1. The van der Waals surface area contributed by atoms with Crippen LogP contribution >= 0.6 is 0 Å². The number of aromatic hydroxyl groups is 1. The summed E-state index contributed by atoms with van der Waals surface area (Å²) in [5.41, 5.74) is -0.221. The average Bonchev–Trinajstić information content (AvgIpc) is 2.68. The molecule has 1 aromatic rings. The second-order valence-corrected chi connectivity index (χ2v) is 10.9. The van der Waals surface area contributed by atoms with Crippen molar-refractivity contribution >= 4 is 17.9 Å². The molecule has 0 saturated carbocycles. The molecule has 0 aromatic heterocycles. The summed E-state index contributed by atoms with van der Waals surface area (Å²) in [5, 5.41) is 15.9. The number of carbonyl (C=O) groups excluding carboxylic acids is 3. The molecule has 8 nitrogen and oxygen atoms in total. The van der Waals surface area contributed by atoms with Crippen LogP contribution in [0.4, 0.5) is 4.79 Å². The SMILES string of the molecule is CCCC(C)NC(=O)C(c1cccc(O)c1)N(C(=O)C(CC(C)C)NC(=O)OC(C)(C)C)C(C)C. The van der Waals surface area contributed by atoms with Gasteiger partial charge in [0.2, 0.25) is 11.8 Å². The van der Waals surface area contributed by atoms with Gasteiger partial charge >= 0.3 is 6.09 Å². The molecule has 0 bridgehead atoms. The third-order valence-corrected chi connectivity index (χ3v) is 5.33. The highest BCUT2D eigenvalue weighted by Crippen LogP contribution is 2.28. The van der Waals surface area contributed by atoms with Crippen molar-refractivity contribution < 1.29 is 24.2 Å². The molecule has 3 amide bonds. The van der Waals surface area contributed by atoms with Crippen LogP contribution in [0.15, 0.2) is 24.3 Å². The molecule has 0 spiro atoms. The lowest BCUT2D eigenvalue weighted by Gasteiger charge is -2.38. The summed E-state index contributed by atoms with van der Waals surface area (Å²) in [4.78, 5) is 41.6. The molecule has 3 N–H and O–H groups in total. The van der Waals surface area contributed by atoms with E-state index in [2.05, 4.69) is 10.6 Å². The number of phenols is 1. The summed E-state index contributed by atoms with van der Waals surface area (Å²) in [7, 11) is 0. The minimum Gasteiger partial charge on any atom is -0.508 e. The van der Waals surface area contributed by atoms with Gasteiger partial charge < -0.3 is 25.4 Å². The van der Waals surface area contributed by atoms with Gasteiger partial charge in [0.1, 0.15) is 23.4 Å². The number of rotatable bonds is 11. The minimum atomic E-state index is -0.982. The second kappa shape index (κ2) is 13.4. The first-order chi connectivity index (χ1) is 16.2. The summed E-state index contributed by atoms with van der Waals surface area (Å²) in [5.74, 6) is -0.612. The zero-order valence-electron chi connectivity index (χ0n) is 22.8. The summed E-state index contributed by atoms with van der Waals surface area (Å²) < 4.78 is 5.39. The van der Waals surface area contributed by atoms with Gasteiger partial charge in [0.15, 0.2) is 0 Å². The van der Waals surface area contributed by atoms with Gasteiger partial charge in [-0.05, 0) is 78.0 Å². The molecule has 0 saturated heterocycles. The number of nitrogens with zero attached hydrogens (tertiary/aromatic N) is 1. The Morgan fingerprint density at radius 2 is 1.69 bits per heavy atom. The maximum absolute atomic E-state index is 14.0. The zero-order valence-corrected chi connectivity index (χ0v) is 22.8. The van der Waals surface area contributed by atoms with Crippen LogP contribution in [0.1, 0.15) is 93.2 Å². The predicted octanol–water partition coefficient (Wildman–Crippen LogP) is 4.91. The first-order valence-electron chi connectivity index (χ1n) is 12.6. The fourth-order valence-corrected chi connectivity index (χ4v) is 3.96. The Labute approximate surface area is 210 Å². The predicted molar refractivity (Wildman–Crippen MR) is 138 cm³/mol. The van der Waals surface area contributed by atoms with E-state index in [0.29, 0.717) is 12.0 Å². The first-order valence-corrected chi connectivity index (χ1v) is 12.6. The Kier molecular flexibility index (Phi) is 11.5. The van der Waals surface area contributed by atoms with Gasteiger partial charge in [0, 0.05) is 12.1 Å². The molecule has 0 heterocycles. The highest BCUT2D eigenvalue weighted by molar-refractivity contribution is 5.92. The summed E-state index contributed by atoms with van der Waals surface area (Å²) in [6.45, 7) is 16.8. The van der Waals surface area contributed by atoms with Crippen molar-refractivity contribution in [2.24, 2.45) is 5.92 Å². The molecule has 0 aliphatic heterocycles. The van der Waals surface area contributed by atoms with Crippen molar-refractivity contribution in [3.05, 3.63) is 29.8 Å². The molecule has 0 radical (unpaired) electrons. The Morgan fingerprint density at radius 1 is 1.06 bits per heavy atom. The Hall–Kier alpha value is -2.77. The quantitative estimate of drug-likeness (QED) is 0.407. The van der Waals surface area contributed by atoms with Gasteiger partial charge in [0.05, 0.1) is 0 Å². The molecule has 8 heteroatoms. The van der Waals surface area contributed by atoms with Crippen LogP contribution in [0.25, 0.3) is 0 Å². The average molecular weight is 492 g/mol. The van der Waals surface area contributed by atoms with Crippen molar-refractivity contribution in [2.45, 2.75) is 111 Å². The lowest BCUT2D eigenvalue weighted by molar-refractivity contribution is -0.145. The molecule has 3 atom stereocenters. The maximum atomic E-state index is 14.0. The number of nitrogens with one attached hydrogen (secondary N) is 2. The largest absolute Gasteiger partial charge is 0.508 e. The van der Waals surface area contributed by atoms with Crippen LogP contribution in [-0.4, -0.2) is 51.6 Å². The molecule has 0 fully saturated rings. The summed E-state index contributed by atoms with van der Waals surface area (Å²) in [6.07, 6.45) is 1.39. The van der Waals surface area contributed by atoms with Gasteiger partial charge in [-0.2, -0.15) is 0 Å². The Bertz CT molecular complexity index is 847. The fourth-order valence-electron chi connectivity index (χ4n) is 3.96. The van der Waals surface area contributed by atoms with Crippen molar-refractivity contribution in [3.8, 4) is 5.75 Å². The third-order valence-electron chi connectivity index (χ3n) is 5.33. The van der Waals surface area contributed by atoms with E-state index in [-0.39, 0.29) is 35.6 Å². The summed E-state index contributed by atoms with van der Waals surface area (Å²) in [6, 6.07) is 4.07. The maximum Gasteiger partial charge on any atom is 0.408 e. The van der Waals surface area contributed by atoms with Crippen molar-refractivity contribution in [3.63, 3.8) is 0 Å². The number of benzene rings is 1. The van der Waals surface area contributed by atoms with E-state index < -0.39 is 23.8 Å². The highest BCUT2D eigenvalue weighted by Gasteiger charge is 2.38. The third kappa shape index (κ3) is 10.2. The van der Waals surface area contributed by atoms with Gasteiger partial charge in [-0.25, -0.2) is 4.79 Å². The Balaban J connectivity index is 3.45. The van der Waals surface area contributed by atoms with E-state index in [1.807, 2.05) is 41.5 Å². The number of hydrogen-bond donors (Lipinski definition) is 3. The van der Waals surface area contributed by atoms with Crippen LogP contribution in [0.3, 0.4) is 0 Å².